The SMILES string of the molecule is CCCCCCCCCCCCSC1CCS(=O)(=O)C1. The minimum Gasteiger partial charge on any atom is -0.229 e. The van der Waals surface area contributed by atoms with E-state index in [9.17, 15) is 8.42 Å². The molecular weight excluding hydrogens is 288 g/mol. The molecule has 0 aromatic rings. The number of thioether (sulfide) groups is 1. The zero-order valence-electron chi connectivity index (χ0n) is 13.1. The molecule has 1 aliphatic heterocycles. The van der Waals surface area contributed by atoms with E-state index in [1.807, 2.05) is 11.8 Å². The molecule has 0 spiro atoms. The number of sulfone groups is 1. The number of hydrogen-bond acceptors (Lipinski definition) is 3. The van der Waals surface area contributed by atoms with Crippen molar-refractivity contribution < 1.29 is 8.42 Å². The minimum atomic E-state index is -2.68. The van der Waals surface area contributed by atoms with Crippen LogP contribution in [-0.2, 0) is 9.84 Å². The molecule has 1 saturated heterocycles. The zero-order valence-corrected chi connectivity index (χ0v) is 14.7. The van der Waals surface area contributed by atoms with Gasteiger partial charge in [-0.05, 0) is 18.6 Å². The van der Waals surface area contributed by atoms with Crippen molar-refractivity contribution in [2.24, 2.45) is 0 Å². The first kappa shape index (κ1) is 18.3. The first-order valence-electron chi connectivity index (χ1n) is 8.46. The summed E-state index contributed by atoms with van der Waals surface area (Å²) in [6.45, 7) is 2.26. The molecule has 0 saturated carbocycles. The summed E-state index contributed by atoms with van der Waals surface area (Å²) in [6, 6.07) is 0. The minimum absolute atomic E-state index is 0.388. The Hall–Kier alpha value is 0.300. The Kier molecular flexibility index (Phi) is 10.0. The van der Waals surface area contributed by atoms with Gasteiger partial charge < -0.3 is 0 Å². The van der Waals surface area contributed by atoms with Crippen LogP contribution in [0.1, 0.15) is 77.6 Å². The first-order valence-corrected chi connectivity index (χ1v) is 11.3. The Morgan fingerprint density at radius 3 is 1.95 bits per heavy atom. The van der Waals surface area contributed by atoms with E-state index in [0.717, 1.165) is 12.2 Å². The van der Waals surface area contributed by atoms with Crippen LogP contribution < -0.4 is 0 Å². The Labute approximate surface area is 130 Å². The molecular formula is C16H32O2S2. The lowest BCUT2D eigenvalue weighted by molar-refractivity contribution is 0.563. The van der Waals surface area contributed by atoms with E-state index >= 15 is 0 Å². The summed E-state index contributed by atoms with van der Waals surface area (Å²) in [5, 5.41) is 0.388. The average molecular weight is 321 g/mol. The fourth-order valence-corrected chi connectivity index (χ4v) is 6.42. The summed E-state index contributed by atoms with van der Waals surface area (Å²) in [5.41, 5.74) is 0. The number of hydrogen-bond donors (Lipinski definition) is 0. The monoisotopic (exact) mass is 320 g/mol. The van der Waals surface area contributed by atoms with Crippen molar-refractivity contribution >= 4 is 21.6 Å². The van der Waals surface area contributed by atoms with Gasteiger partial charge in [-0.1, -0.05) is 64.7 Å². The van der Waals surface area contributed by atoms with E-state index in [-0.39, 0.29) is 0 Å². The molecule has 1 rings (SSSR count). The predicted molar refractivity (Wildman–Crippen MR) is 91.4 cm³/mol. The second-order valence-electron chi connectivity index (χ2n) is 6.08. The summed E-state index contributed by atoms with van der Waals surface area (Å²) in [6.07, 6.45) is 14.6. The van der Waals surface area contributed by atoms with E-state index in [1.165, 1.54) is 64.2 Å². The molecule has 1 atom stereocenters. The van der Waals surface area contributed by atoms with Crippen LogP contribution in [-0.4, -0.2) is 30.9 Å². The van der Waals surface area contributed by atoms with Gasteiger partial charge in [0.25, 0.3) is 0 Å². The topological polar surface area (TPSA) is 34.1 Å². The molecule has 4 heteroatoms. The van der Waals surface area contributed by atoms with Crippen molar-refractivity contribution in [2.45, 2.75) is 82.8 Å². The Balaban J connectivity index is 1.79. The molecule has 2 nitrogen and oxygen atoms in total. The molecule has 0 N–H and O–H groups in total. The molecule has 0 bridgehead atoms. The summed E-state index contributed by atoms with van der Waals surface area (Å²) in [5.74, 6) is 1.99. The van der Waals surface area contributed by atoms with Crippen molar-refractivity contribution in [3.05, 3.63) is 0 Å². The summed E-state index contributed by atoms with van der Waals surface area (Å²) in [7, 11) is -2.68. The molecule has 1 unspecified atom stereocenters. The lowest BCUT2D eigenvalue weighted by atomic mass is 10.1. The van der Waals surface area contributed by atoms with Crippen molar-refractivity contribution in [1.29, 1.82) is 0 Å². The maximum Gasteiger partial charge on any atom is 0.151 e. The molecule has 0 aliphatic carbocycles. The third-order valence-corrected chi connectivity index (χ3v) is 7.42. The fraction of sp³-hybridized carbons (Fsp3) is 1.00. The fourth-order valence-electron chi connectivity index (χ4n) is 2.73. The average Bonchev–Trinajstić information content (AvgIpc) is 2.75. The van der Waals surface area contributed by atoms with Gasteiger partial charge in [-0.3, -0.25) is 0 Å². The third-order valence-electron chi connectivity index (χ3n) is 4.04. The van der Waals surface area contributed by atoms with Crippen LogP contribution in [0.15, 0.2) is 0 Å². The quantitative estimate of drug-likeness (QED) is 0.483. The standard InChI is InChI=1S/C16H32O2S2/c1-2-3-4-5-6-7-8-9-10-11-13-19-16-12-14-20(17,18)15-16/h16H,2-15H2,1H3. The number of unbranched alkanes of at least 4 members (excludes halogenated alkanes) is 9. The van der Waals surface area contributed by atoms with E-state index in [2.05, 4.69) is 6.92 Å². The summed E-state index contributed by atoms with van der Waals surface area (Å²) < 4.78 is 22.7. The maximum absolute atomic E-state index is 11.3. The highest BCUT2D eigenvalue weighted by Gasteiger charge is 2.27. The number of rotatable bonds is 12. The summed E-state index contributed by atoms with van der Waals surface area (Å²) >= 11 is 1.88. The molecule has 0 aromatic heterocycles. The van der Waals surface area contributed by atoms with E-state index in [1.54, 1.807) is 0 Å². The van der Waals surface area contributed by atoms with Gasteiger partial charge in [0.05, 0.1) is 11.5 Å². The van der Waals surface area contributed by atoms with Crippen LogP contribution >= 0.6 is 11.8 Å². The second-order valence-corrected chi connectivity index (χ2v) is 9.71. The molecule has 1 fully saturated rings. The van der Waals surface area contributed by atoms with Gasteiger partial charge in [-0.25, -0.2) is 8.42 Å². The Bertz CT molecular complexity index is 325. The molecule has 0 radical (unpaired) electrons. The van der Waals surface area contributed by atoms with Gasteiger partial charge in [0, 0.05) is 5.25 Å². The molecule has 1 heterocycles. The molecule has 1 aliphatic rings. The van der Waals surface area contributed by atoms with Crippen LogP contribution in [0, 0.1) is 0 Å². The van der Waals surface area contributed by atoms with Crippen LogP contribution in [0.25, 0.3) is 0 Å². The second kappa shape index (κ2) is 10.9. The third kappa shape index (κ3) is 9.28. The molecule has 0 amide bonds. The zero-order chi connectivity index (χ0) is 14.7. The predicted octanol–water partition coefficient (Wildman–Crippen LogP) is 4.83. The van der Waals surface area contributed by atoms with Crippen molar-refractivity contribution in [3.8, 4) is 0 Å². The van der Waals surface area contributed by atoms with Crippen LogP contribution in [0.2, 0.25) is 0 Å². The van der Waals surface area contributed by atoms with Crippen molar-refractivity contribution in [1.82, 2.24) is 0 Å². The first-order chi connectivity index (χ1) is 9.64. The maximum atomic E-state index is 11.3. The van der Waals surface area contributed by atoms with Gasteiger partial charge in [0.15, 0.2) is 9.84 Å². The lowest BCUT2D eigenvalue weighted by Gasteiger charge is -2.07. The molecule has 20 heavy (non-hydrogen) atoms. The van der Waals surface area contributed by atoms with E-state index < -0.39 is 9.84 Å². The largest absolute Gasteiger partial charge is 0.229 e. The van der Waals surface area contributed by atoms with Crippen molar-refractivity contribution in [3.63, 3.8) is 0 Å². The normalized spacial score (nSPS) is 21.4. The lowest BCUT2D eigenvalue weighted by Crippen LogP contribution is -2.06. The van der Waals surface area contributed by atoms with Gasteiger partial charge in [-0.2, -0.15) is 11.8 Å². The van der Waals surface area contributed by atoms with Gasteiger partial charge in [0.1, 0.15) is 0 Å². The van der Waals surface area contributed by atoms with Crippen molar-refractivity contribution in [2.75, 3.05) is 17.3 Å². The van der Waals surface area contributed by atoms with E-state index in [4.69, 9.17) is 0 Å². The highest BCUT2D eigenvalue weighted by atomic mass is 32.2. The Morgan fingerprint density at radius 2 is 1.45 bits per heavy atom. The van der Waals surface area contributed by atoms with E-state index in [0.29, 0.717) is 16.8 Å². The van der Waals surface area contributed by atoms with Gasteiger partial charge in [0.2, 0.25) is 0 Å². The molecule has 0 aromatic carbocycles. The Morgan fingerprint density at radius 1 is 0.900 bits per heavy atom. The highest BCUT2D eigenvalue weighted by Crippen LogP contribution is 2.25. The summed E-state index contributed by atoms with van der Waals surface area (Å²) in [4.78, 5) is 0. The van der Waals surface area contributed by atoms with Crippen LogP contribution in [0.3, 0.4) is 0 Å². The van der Waals surface area contributed by atoms with Crippen LogP contribution in [0.4, 0.5) is 0 Å². The smallest absolute Gasteiger partial charge is 0.151 e. The van der Waals surface area contributed by atoms with Gasteiger partial charge in [-0.15, -0.1) is 0 Å². The van der Waals surface area contributed by atoms with Crippen LogP contribution in [0.5, 0.6) is 0 Å². The van der Waals surface area contributed by atoms with Gasteiger partial charge >= 0.3 is 0 Å². The molecule has 120 valence electrons. The highest BCUT2D eigenvalue weighted by molar-refractivity contribution is 8.01.